The van der Waals surface area contributed by atoms with Crippen LogP contribution < -0.4 is 5.32 Å². The third kappa shape index (κ3) is 5.49. The molecule has 0 saturated carbocycles. The van der Waals surface area contributed by atoms with Crippen LogP contribution in [0.2, 0.25) is 5.02 Å². The van der Waals surface area contributed by atoms with E-state index in [1.54, 1.807) is 29.0 Å². The van der Waals surface area contributed by atoms with Crippen LogP contribution in [-0.4, -0.2) is 68.1 Å². The predicted molar refractivity (Wildman–Crippen MR) is 89.7 cm³/mol. The Morgan fingerprint density at radius 3 is 2.65 bits per heavy atom. The van der Waals surface area contributed by atoms with Gasteiger partial charge in [-0.25, -0.2) is 0 Å². The van der Waals surface area contributed by atoms with Crippen molar-refractivity contribution < 1.29 is 14.3 Å². The number of hydrogen-bond donors (Lipinski definition) is 1. The SMILES string of the molecule is Cc1ccc(NC(=O)CN(C)CC(=O)N2CCOCC2)c(Cl)c1. The number of carbonyl (C=O) groups excluding carboxylic acids is 2. The van der Waals surface area contributed by atoms with Crippen LogP contribution in [0.3, 0.4) is 0 Å². The Morgan fingerprint density at radius 1 is 1.30 bits per heavy atom. The average Bonchev–Trinajstić information content (AvgIpc) is 2.50. The smallest absolute Gasteiger partial charge is 0.238 e. The van der Waals surface area contributed by atoms with Gasteiger partial charge in [-0.3, -0.25) is 14.5 Å². The number of halogens is 1. The summed E-state index contributed by atoms with van der Waals surface area (Å²) in [4.78, 5) is 27.6. The van der Waals surface area contributed by atoms with Gasteiger partial charge in [0, 0.05) is 13.1 Å². The Kier molecular flexibility index (Phi) is 6.38. The Balaban J connectivity index is 1.81. The van der Waals surface area contributed by atoms with E-state index in [4.69, 9.17) is 16.3 Å². The molecule has 1 aliphatic heterocycles. The van der Waals surface area contributed by atoms with Crippen LogP contribution in [-0.2, 0) is 14.3 Å². The zero-order valence-electron chi connectivity index (χ0n) is 13.5. The number of nitrogens with one attached hydrogen (secondary N) is 1. The quantitative estimate of drug-likeness (QED) is 0.880. The van der Waals surface area contributed by atoms with Gasteiger partial charge in [0.2, 0.25) is 11.8 Å². The second-order valence-electron chi connectivity index (χ2n) is 5.70. The van der Waals surface area contributed by atoms with Crippen molar-refractivity contribution in [3.8, 4) is 0 Å². The molecule has 0 aromatic heterocycles. The first-order valence-corrected chi connectivity index (χ1v) is 7.93. The van der Waals surface area contributed by atoms with Gasteiger partial charge in [0.1, 0.15) is 0 Å². The third-order valence-electron chi connectivity index (χ3n) is 3.58. The molecule has 2 rings (SSSR count). The molecule has 1 N–H and O–H groups in total. The van der Waals surface area contributed by atoms with Crippen molar-refractivity contribution in [3.05, 3.63) is 28.8 Å². The molecule has 0 unspecified atom stereocenters. The first kappa shape index (κ1) is 17.7. The molecule has 2 amide bonds. The summed E-state index contributed by atoms with van der Waals surface area (Å²) in [5.41, 5.74) is 1.61. The van der Waals surface area contributed by atoms with Gasteiger partial charge >= 0.3 is 0 Å². The summed E-state index contributed by atoms with van der Waals surface area (Å²) >= 11 is 6.10. The number of amides is 2. The first-order chi connectivity index (χ1) is 11.0. The standard InChI is InChI=1S/C16H22ClN3O3/c1-12-3-4-14(13(17)9-12)18-15(21)10-19(2)11-16(22)20-5-7-23-8-6-20/h3-4,9H,5-8,10-11H2,1-2H3,(H,18,21). The molecule has 1 saturated heterocycles. The molecule has 0 radical (unpaired) electrons. The lowest BCUT2D eigenvalue weighted by molar-refractivity contribution is -0.136. The van der Waals surface area contributed by atoms with Crippen LogP contribution in [0.15, 0.2) is 18.2 Å². The maximum atomic E-state index is 12.1. The third-order valence-corrected chi connectivity index (χ3v) is 3.89. The highest BCUT2D eigenvalue weighted by atomic mass is 35.5. The summed E-state index contributed by atoms with van der Waals surface area (Å²) in [7, 11) is 1.74. The van der Waals surface area contributed by atoms with Crippen LogP contribution in [0.1, 0.15) is 5.56 Å². The molecule has 1 heterocycles. The Hall–Kier alpha value is -1.63. The first-order valence-electron chi connectivity index (χ1n) is 7.56. The molecule has 1 aromatic rings. The zero-order valence-corrected chi connectivity index (χ0v) is 14.2. The van der Waals surface area contributed by atoms with Crippen LogP contribution in [0.4, 0.5) is 5.69 Å². The van der Waals surface area contributed by atoms with Crippen LogP contribution >= 0.6 is 11.6 Å². The van der Waals surface area contributed by atoms with E-state index < -0.39 is 0 Å². The maximum Gasteiger partial charge on any atom is 0.238 e. The molecule has 126 valence electrons. The van der Waals surface area contributed by atoms with Gasteiger partial charge in [0.05, 0.1) is 37.0 Å². The normalized spacial score (nSPS) is 14.9. The molecule has 7 heteroatoms. The Bertz CT molecular complexity index is 574. The number of carbonyl (C=O) groups is 2. The summed E-state index contributed by atoms with van der Waals surface area (Å²) in [6.07, 6.45) is 0. The van der Waals surface area contributed by atoms with Gasteiger partial charge in [0.15, 0.2) is 0 Å². The molecule has 1 fully saturated rings. The molecule has 0 aliphatic carbocycles. The Labute approximate surface area is 141 Å². The lowest BCUT2D eigenvalue weighted by Crippen LogP contribution is -2.46. The number of morpholine rings is 1. The van der Waals surface area contributed by atoms with Gasteiger partial charge in [-0.15, -0.1) is 0 Å². The topological polar surface area (TPSA) is 61.9 Å². The van der Waals surface area contributed by atoms with Crippen molar-refractivity contribution in [3.63, 3.8) is 0 Å². The fraction of sp³-hybridized carbons (Fsp3) is 0.500. The van der Waals surface area contributed by atoms with E-state index in [9.17, 15) is 9.59 Å². The van der Waals surface area contributed by atoms with Crippen LogP contribution in [0, 0.1) is 6.92 Å². The number of nitrogens with zero attached hydrogens (tertiary/aromatic N) is 2. The molecular formula is C16H22ClN3O3. The number of aryl methyl sites for hydroxylation is 1. The molecular weight excluding hydrogens is 318 g/mol. The molecule has 6 nitrogen and oxygen atoms in total. The van der Waals surface area contributed by atoms with E-state index in [1.165, 1.54) is 0 Å². The second kappa shape index (κ2) is 8.29. The number of benzene rings is 1. The molecule has 1 aromatic carbocycles. The van der Waals surface area contributed by atoms with Crippen LogP contribution in [0.5, 0.6) is 0 Å². The highest BCUT2D eigenvalue weighted by Gasteiger charge is 2.19. The molecule has 23 heavy (non-hydrogen) atoms. The Morgan fingerprint density at radius 2 is 2.00 bits per heavy atom. The van der Waals surface area contributed by atoms with E-state index >= 15 is 0 Å². The summed E-state index contributed by atoms with van der Waals surface area (Å²) < 4.78 is 5.22. The summed E-state index contributed by atoms with van der Waals surface area (Å²) in [6.45, 7) is 4.62. The summed E-state index contributed by atoms with van der Waals surface area (Å²) in [5.74, 6) is -0.190. The predicted octanol–water partition coefficient (Wildman–Crippen LogP) is 1.38. The highest BCUT2D eigenvalue weighted by Crippen LogP contribution is 2.22. The van der Waals surface area contributed by atoms with E-state index in [1.807, 2.05) is 13.0 Å². The van der Waals surface area contributed by atoms with Gasteiger partial charge < -0.3 is 15.0 Å². The van der Waals surface area contributed by atoms with Gasteiger partial charge in [-0.1, -0.05) is 17.7 Å². The number of ether oxygens (including phenoxy) is 1. The van der Waals surface area contributed by atoms with E-state index in [-0.39, 0.29) is 24.9 Å². The van der Waals surface area contributed by atoms with Crippen molar-refractivity contribution in [2.45, 2.75) is 6.92 Å². The number of likely N-dealkylation sites (N-methyl/N-ethyl adjacent to an activating group) is 1. The minimum atomic E-state index is -0.201. The minimum absolute atomic E-state index is 0.0111. The number of anilines is 1. The van der Waals surface area contributed by atoms with Crippen molar-refractivity contribution in [2.75, 3.05) is 51.8 Å². The highest BCUT2D eigenvalue weighted by molar-refractivity contribution is 6.33. The molecule has 1 aliphatic rings. The zero-order chi connectivity index (χ0) is 16.8. The fourth-order valence-electron chi connectivity index (χ4n) is 2.36. The lowest BCUT2D eigenvalue weighted by atomic mass is 10.2. The minimum Gasteiger partial charge on any atom is -0.378 e. The second-order valence-corrected chi connectivity index (χ2v) is 6.10. The largest absolute Gasteiger partial charge is 0.378 e. The molecule has 0 bridgehead atoms. The summed E-state index contributed by atoms with van der Waals surface area (Å²) in [6, 6.07) is 5.45. The van der Waals surface area contributed by atoms with Crippen molar-refractivity contribution in [1.29, 1.82) is 0 Å². The fourth-order valence-corrected chi connectivity index (χ4v) is 2.64. The van der Waals surface area contributed by atoms with Crippen molar-refractivity contribution in [1.82, 2.24) is 9.80 Å². The van der Waals surface area contributed by atoms with Crippen LogP contribution in [0.25, 0.3) is 0 Å². The lowest BCUT2D eigenvalue weighted by Gasteiger charge is -2.28. The summed E-state index contributed by atoms with van der Waals surface area (Å²) in [5, 5.41) is 3.27. The van der Waals surface area contributed by atoms with Gasteiger partial charge in [0.25, 0.3) is 0 Å². The van der Waals surface area contributed by atoms with E-state index in [0.29, 0.717) is 37.0 Å². The average molecular weight is 340 g/mol. The van der Waals surface area contributed by atoms with Crippen molar-refractivity contribution in [2.24, 2.45) is 0 Å². The van der Waals surface area contributed by atoms with Gasteiger partial charge in [-0.05, 0) is 31.7 Å². The number of hydrogen-bond acceptors (Lipinski definition) is 4. The number of rotatable bonds is 5. The molecule has 0 atom stereocenters. The van der Waals surface area contributed by atoms with Crippen molar-refractivity contribution >= 4 is 29.1 Å². The maximum absolute atomic E-state index is 12.1. The molecule has 0 spiro atoms. The monoisotopic (exact) mass is 339 g/mol. The van der Waals surface area contributed by atoms with Gasteiger partial charge in [-0.2, -0.15) is 0 Å². The van der Waals surface area contributed by atoms with E-state index in [2.05, 4.69) is 5.32 Å². The van der Waals surface area contributed by atoms with E-state index in [0.717, 1.165) is 5.56 Å².